The number of methoxy groups -OCH3 is 1. The van der Waals surface area contributed by atoms with Crippen molar-refractivity contribution in [1.29, 1.82) is 0 Å². The molecule has 27 heavy (non-hydrogen) atoms. The van der Waals surface area contributed by atoms with Crippen LogP contribution in [0, 0.1) is 5.92 Å². The van der Waals surface area contributed by atoms with E-state index in [0.29, 0.717) is 18.2 Å². The smallest absolute Gasteiger partial charge is 0.222 e. The lowest BCUT2D eigenvalue weighted by atomic mass is 9.84. The quantitative estimate of drug-likeness (QED) is 0.797. The van der Waals surface area contributed by atoms with Crippen molar-refractivity contribution in [3.63, 3.8) is 0 Å². The molecule has 5 nitrogen and oxygen atoms in total. The molecule has 1 spiro atoms. The van der Waals surface area contributed by atoms with E-state index in [9.17, 15) is 4.79 Å². The average molecular weight is 373 g/mol. The zero-order valence-electron chi connectivity index (χ0n) is 16.5. The number of rotatable bonds is 5. The van der Waals surface area contributed by atoms with Crippen LogP contribution in [0.4, 0.5) is 0 Å². The zero-order chi connectivity index (χ0) is 18.7. The third-order valence-electron chi connectivity index (χ3n) is 6.54. The van der Waals surface area contributed by atoms with Crippen LogP contribution in [-0.4, -0.2) is 61.2 Å². The van der Waals surface area contributed by atoms with Crippen LogP contribution in [0.25, 0.3) is 0 Å². The molecule has 1 amide bonds. The van der Waals surface area contributed by atoms with Crippen molar-refractivity contribution in [2.24, 2.45) is 5.92 Å². The van der Waals surface area contributed by atoms with Gasteiger partial charge in [0.15, 0.2) is 0 Å². The first-order valence-electron chi connectivity index (χ1n) is 10.4. The number of piperidine rings is 1. The summed E-state index contributed by atoms with van der Waals surface area (Å²) in [5, 5.41) is 0. The number of hydrogen-bond donors (Lipinski definition) is 0. The fraction of sp³-hybridized carbons (Fsp3) is 0.682. The highest BCUT2D eigenvalue weighted by Gasteiger charge is 2.43. The van der Waals surface area contributed by atoms with E-state index in [4.69, 9.17) is 9.47 Å². The number of likely N-dealkylation sites (tertiary alicyclic amines) is 2. The summed E-state index contributed by atoms with van der Waals surface area (Å²) in [6, 6.07) is 8.36. The van der Waals surface area contributed by atoms with Crippen molar-refractivity contribution in [2.45, 2.75) is 50.7 Å². The molecular formula is C22H32N2O3. The molecule has 0 bridgehead atoms. The molecule has 3 heterocycles. The molecule has 0 N–H and O–H groups in total. The number of carbonyl (C=O) groups is 1. The topological polar surface area (TPSA) is 42.0 Å². The lowest BCUT2D eigenvalue weighted by molar-refractivity contribution is -0.131. The lowest BCUT2D eigenvalue weighted by Crippen LogP contribution is -2.43. The summed E-state index contributed by atoms with van der Waals surface area (Å²) in [5.74, 6) is 1.66. The van der Waals surface area contributed by atoms with Gasteiger partial charge in [0.2, 0.25) is 5.91 Å². The van der Waals surface area contributed by atoms with Gasteiger partial charge in [0.25, 0.3) is 0 Å². The van der Waals surface area contributed by atoms with E-state index in [-0.39, 0.29) is 5.60 Å². The van der Waals surface area contributed by atoms with E-state index >= 15 is 0 Å². The van der Waals surface area contributed by atoms with Crippen molar-refractivity contribution in [1.82, 2.24) is 9.80 Å². The summed E-state index contributed by atoms with van der Waals surface area (Å²) >= 11 is 0. The van der Waals surface area contributed by atoms with Crippen molar-refractivity contribution in [3.8, 4) is 5.75 Å². The molecule has 0 saturated carbocycles. The number of amides is 1. The standard InChI is InChI=1S/C22H32N2O3/c1-26-20-6-4-18(5-7-20)16-23-12-8-22(9-13-23)15-19(17-27-22)14-21(25)24-10-2-3-11-24/h4-7,19H,2-3,8-17H2,1H3/t19-/m1/s1. The Labute approximate surface area is 162 Å². The molecule has 0 unspecified atom stereocenters. The monoisotopic (exact) mass is 372 g/mol. The molecule has 148 valence electrons. The highest BCUT2D eigenvalue weighted by atomic mass is 16.5. The summed E-state index contributed by atoms with van der Waals surface area (Å²) in [6.07, 6.45) is 6.23. The average Bonchev–Trinajstić information content (AvgIpc) is 3.35. The molecule has 3 aliphatic rings. The minimum absolute atomic E-state index is 0.0202. The summed E-state index contributed by atoms with van der Waals surface area (Å²) in [5.41, 5.74) is 1.35. The van der Waals surface area contributed by atoms with Crippen molar-refractivity contribution >= 4 is 5.91 Å². The molecule has 1 atom stereocenters. The largest absolute Gasteiger partial charge is 0.497 e. The first-order valence-corrected chi connectivity index (χ1v) is 10.4. The summed E-state index contributed by atoms with van der Waals surface area (Å²) < 4.78 is 11.5. The first kappa shape index (κ1) is 18.8. The SMILES string of the molecule is COc1ccc(CN2CCC3(CC2)C[C@@H](CC(=O)N2CCCC2)CO3)cc1. The highest BCUT2D eigenvalue weighted by Crippen LogP contribution is 2.40. The molecule has 0 aromatic heterocycles. The van der Waals surface area contributed by atoms with Gasteiger partial charge in [-0.05, 0) is 55.7 Å². The van der Waals surface area contributed by atoms with Gasteiger partial charge in [-0.15, -0.1) is 0 Å². The molecule has 1 aromatic carbocycles. The number of hydrogen-bond acceptors (Lipinski definition) is 4. The van der Waals surface area contributed by atoms with Crippen molar-refractivity contribution in [3.05, 3.63) is 29.8 Å². The van der Waals surface area contributed by atoms with Crippen LogP contribution in [0.2, 0.25) is 0 Å². The first-order chi connectivity index (χ1) is 13.2. The lowest BCUT2D eigenvalue weighted by Gasteiger charge is -2.38. The Kier molecular flexibility index (Phi) is 5.69. The fourth-order valence-electron chi connectivity index (χ4n) is 4.87. The Balaban J connectivity index is 1.24. The van der Waals surface area contributed by atoms with Crippen LogP contribution in [0.5, 0.6) is 5.75 Å². The molecule has 1 aromatic rings. The second kappa shape index (κ2) is 8.19. The summed E-state index contributed by atoms with van der Waals surface area (Å²) in [7, 11) is 1.70. The predicted octanol–water partition coefficient (Wildman–Crippen LogP) is 3.08. The molecule has 3 fully saturated rings. The van der Waals surface area contributed by atoms with Crippen molar-refractivity contribution in [2.75, 3.05) is 39.9 Å². The maximum Gasteiger partial charge on any atom is 0.222 e. The van der Waals surface area contributed by atoms with Crippen molar-refractivity contribution < 1.29 is 14.3 Å². The summed E-state index contributed by atoms with van der Waals surface area (Å²) in [4.78, 5) is 17.0. The van der Waals surface area contributed by atoms with E-state index in [1.807, 2.05) is 17.0 Å². The van der Waals surface area contributed by atoms with E-state index in [0.717, 1.165) is 64.3 Å². The Hall–Kier alpha value is -1.59. The predicted molar refractivity (Wildman–Crippen MR) is 105 cm³/mol. The van der Waals surface area contributed by atoms with Gasteiger partial charge in [-0.1, -0.05) is 12.1 Å². The van der Waals surface area contributed by atoms with Gasteiger partial charge >= 0.3 is 0 Å². The molecule has 0 radical (unpaired) electrons. The molecule has 4 rings (SSSR count). The molecule has 0 aliphatic carbocycles. The maximum atomic E-state index is 12.4. The van der Waals surface area contributed by atoms with Gasteiger partial charge in [-0.25, -0.2) is 0 Å². The van der Waals surface area contributed by atoms with Gasteiger partial charge in [0.05, 0.1) is 19.3 Å². The second-order valence-corrected chi connectivity index (χ2v) is 8.48. The van der Waals surface area contributed by atoms with E-state index in [1.165, 1.54) is 18.4 Å². The van der Waals surface area contributed by atoms with Crippen LogP contribution >= 0.6 is 0 Å². The van der Waals surface area contributed by atoms with Crippen LogP contribution in [0.15, 0.2) is 24.3 Å². The molecular weight excluding hydrogens is 340 g/mol. The van der Waals surface area contributed by atoms with Crippen LogP contribution in [-0.2, 0) is 16.1 Å². The third kappa shape index (κ3) is 4.46. The normalized spacial score (nSPS) is 25.2. The Bertz CT molecular complexity index is 631. The van der Waals surface area contributed by atoms with Crippen LogP contribution in [0.1, 0.15) is 44.1 Å². The second-order valence-electron chi connectivity index (χ2n) is 8.48. The van der Waals surface area contributed by atoms with Crippen LogP contribution in [0.3, 0.4) is 0 Å². The van der Waals surface area contributed by atoms with Gasteiger partial charge in [-0.3, -0.25) is 9.69 Å². The zero-order valence-corrected chi connectivity index (χ0v) is 16.5. The minimum Gasteiger partial charge on any atom is -0.497 e. The number of carbonyl (C=O) groups excluding carboxylic acids is 1. The molecule has 5 heteroatoms. The van der Waals surface area contributed by atoms with Gasteiger partial charge in [-0.2, -0.15) is 0 Å². The number of nitrogens with zero attached hydrogens (tertiary/aromatic N) is 2. The maximum absolute atomic E-state index is 12.4. The number of ether oxygens (including phenoxy) is 2. The minimum atomic E-state index is 0.0202. The number of benzene rings is 1. The fourth-order valence-corrected chi connectivity index (χ4v) is 4.87. The van der Waals surface area contributed by atoms with E-state index in [1.54, 1.807) is 7.11 Å². The van der Waals surface area contributed by atoms with Gasteiger partial charge < -0.3 is 14.4 Å². The Morgan fingerprint density at radius 1 is 1.15 bits per heavy atom. The third-order valence-corrected chi connectivity index (χ3v) is 6.54. The van der Waals surface area contributed by atoms with E-state index in [2.05, 4.69) is 17.0 Å². The Morgan fingerprint density at radius 3 is 2.52 bits per heavy atom. The Morgan fingerprint density at radius 2 is 1.85 bits per heavy atom. The van der Waals surface area contributed by atoms with Gasteiger partial charge in [0, 0.05) is 39.1 Å². The highest BCUT2D eigenvalue weighted by molar-refractivity contribution is 5.76. The molecule has 3 saturated heterocycles. The van der Waals surface area contributed by atoms with Crippen LogP contribution < -0.4 is 4.74 Å². The van der Waals surface area contributed by atoms with E-state index < -0.39 is 0 Å². The van der Waals surface area contributed by atoms with Gasteiger partial charge in [0.1, 0.15) is 5.75 Å². The molecule has 3 aliphatic heterocycles. The summed E-state index contributed by atoms with van der Waals surface area (Å²) in [6.45, 7) is 5.79.